The molecule has 21 heavy (non-hydrogen) atoms. The summed E-state index contributed by atoms with van der Waals surface area (Å²) in [6.45, 7) is 5.90. The molecule has 1 unspecified atom stereocenters. The molecule has 1 aromatic carbocycles. The summed E-state index contributed by atoms with van der Waals surface area (Å²) in [6, 6.07) is 5.45. The number of halogens is 1. The number of Topliss-reactive ketones (excluding diaryl/α,β-unsaturated/α-hetero) is 1. The number of rotatable bonds is 4. The number of carbonyl (C=O) groups is 1. The fraction of sp³-hybridized carbons (Fsp3) is 0.333. The second-order valence-corrected chi connectivity index (χ2v) is 6.07. The Kier molecular flexibility index (Phi) is 5.00. The second kappa shape index (κ2) is 6.58. The first-order chi connectivity index (χ1) is 9.93. The van der Waals surface area contributed by atoms with E-state index in [1.165, 1.54) is 0 Å². The van der Waals surface area contributed by atoms with E-state index in [1.54, 1.807) is 6.92 Å². The minimum absolute atomic E-state index is 0.00224. The molecule has 0 saturated heterocycles. The predicted molar refractivity (Wildman–Crippen MR) is 90.3 cm³/mol. The fourth-order valence-corrected chi connectivity index (χ4v) is 3.08. The molecule has 0 amide bonds. The van der Waals surface area contributed by atoms with Gasteiger partial charge in [0.1, 0.15) is 5.75 Å². The highest BCUT2D eigenvalue weighted by Gasteiger charge is 2.29. The number of ether oxygens (including phenoxy) is 1. The molecule has 0 aromatic heterocycles. The maximum atomic E-state index is 12.0. The largest absolute Gasteiger partial charge is 0.494 e. The summed E-state index contributed by atoms with van der Waals surface area (Å²) >= 11 is 8.69. The number of benzene rings is 1. The molecule has 1 heterocycles. The first-order valence-corrected chi connectivity index (χ1v) is 7.85. The van der Waals surface area contributed by atoms with Gasteiger partial charge in [-0.15, -0.1) is 0 Å². The van der Waals surface area contributed by atoms with E-state index in [2.05, 4.69) is 26.6 Å². The lowest BCUT2D eigenvalue weighted by Gasteiger charge is -2.31. The van der Waals surface area contributed by atoms with Gasteiger partial charge in [0.15, 0.2) is 10.9 Å². The lowest BCUT2D eigenvalue weighted by Crippen LogP contribution is -2.44. The minimum Gasteiger partial charge on any atom is -0.494 e. The maximum Gasteiger partial charge on any atom is 0.171 e. The summed E-state index contributed by atoms with van der Waals surface area (Å²) in [4.78, 5) is 12.0. The maximum absolute atomic E-state index is 12.0. The Bertz CT molecular complexity index is 628. The summed E-state index contributed by atoms with van der Waals surface area (Å²) in [6.07, 6.45) is 0. The molecule has 1 aliphatic heterocycles. The van der Waals surface area contributed by atoms with Crippen molar-refractivity contribution in [1.29, 1.82) is 0 Å². The number of thiocarbonyl (C=S) groups is 1. The molecule has 0 radical (unpaired) electrons. The zero-order valence-electron chi connectivity index (χ0n) is 12.1. The molecule has 2 N–H and O–H groups in total. The first kappa shape index (κ1) is 16.0. The fourth-order valence-electron chi connectivity index (χ4n) is 2.43. The number of carbonyl (C=O) groups excluding carboxylic acids is 1. The molecule has 1 aromatic rings. The van der Waals surface area contributed by atoms with Crippen LogP contribution in [0.3, 0.4) is 0 Å². The van der Waals surface area contributed by atoms with Gasteiger partial charge in [-0.2, -0.15) is 0 Å². The topological polar surface area (TPSA) is 50.4 Å². The monoisotopic (exact) mass is 368 g/mol. The summed E-state index contributed by atoms with van der Waals surface area (Å²) in [5, 5.41) is 6.67. The van der Waals surface area contributed by atoms with E-state index in [4.69, 9.17) is 17.0 Å². The van der Waals surface area contributed by atoms with Crippen LogP contribution < -0.4 is 15.4 Å². The molecule has 0 bridgehead atoms. The molecule has 1 atom stereocenters. The molecule has 0 fully saturated rings. The Morgan fingerprint density at radius 3 is 2.81 bits per heavy atom. The number of nitrogens with one attached hydrogen (secondary N) is 2. The van der Waals surface area contributed by atoms with Gasteiger partial charge in [-0.1, -0.05) is 15.9 Å². The third kappa shape index (κ3) is 3.44. The van der Waals surface area contributed by atoms with Crippen LogP contribution in [0, 0.1) is 0 Å². The van der Waals surface area contributed by atoms with Crippen molar-refractivity contribution in [1.82, 2.24) is 10.6 Å². The average Bonchev–Trinajstić information content (AvgIpc) is 2.39. The van der Waals surface area contributed by atoms with E-state index >= 15 is 0 Å². The molecule has 6 heteroatoms. The molecule has 112 valence electrons. The highest BCUT2D eigenvalue weighted by atomic mass is 79.9. The van der Waals surface area contributed by atoms with Crippen molar-refractivity contribution in [2.24, 2.45) is 0 Å². The van der Waals surface area contributed by atoms with Crippen LogP contribution in [0.25, 0.3) is 0 Å². The summed E-state index contributed by atoms with van der Waals surface area (Å²) in [7, 11) is 0. The van der Waals surface area contributed by atoms with Gasteiger partial charge in [0, 0.05) is 21.3 Å². The van der Waals surface area contributed by atoms with Crippen LogP contribution in [0.4, 0.5) is 0 Å². The van der Waals surface area contributed by atoms with Gasteiger partial charge >= 0.3 is 0 Å². The van der Waals surface area contributed by atoms with E-state index in [0.29, 0.717) is 17.3 Å². The lowest BCUT2D eigenvalue weighted by molar-refractivity contribution is -0.114. The van der Waals surface area contributed by atoms with Crippen LogP contribution in [0.1, 0.15) is 32.4 Å². The molecule has 0 spiro atoms. The SMILES string of the molecule is CCOc1ccc(Br)cc1C1NC(=S)NC(C)=C1C(C)=O. The molecule has 1 aliphatic rings. The highest BCUT2D eigenvalue weighted by Crippen LogP contribution is 2.35. The van der Waals surface area contributed by atoms with Crippen LogP contribution >= 0.6 is 28.1 Å². The van der Waals surface area contributed by atoms with Crippen molar-refractivity contribution in [2.75, 3.05) is 6.61 Å². The summed E-state index contributed by atoms with van der Waals surface area (Å²) < 4.78 is 6.61. The van der Waals surface area contributed by atoms with Gasteiger partial charge in [-0.3, -0.25) is 4.79 Å². The van der Waals surface area contributed by atoms with Crippen molar-refractivity contribution in [3.8, 4) is 5.75 Å². The summed E-state index contributed by atoms with van der Waals surface area (Å²) in [5.74, 6) is 0.747. The van der Waals surface area contributed by atoms with Gasteiger partial charge in [0.2, 0.25) is 0 Å². The highest BCUT2D eigenvalue weighted by molar-refractivity contribution is 9.10. The van der Waals surface area contributed by atoms with E-state index in [1.807, 2.05) is 32.0 Å². The van der Waals surface area contributed by atoms with Crippen molar-refractivity contribution in [3.05, 3.63) is 39.5 Å². The molecule has 0 saturated carbocycles. The molecular formula is C15H17BrN2O2S. The number of allylic oxidation sites excluding steroid dienone is 1. The van der Waals surface area contributed by atoms with Crippen LogP contribution in [0.2, 0.25) is 0 Å². The van der Waals surface area contributed by atoms with Gasteiger partial charge in [0.25, 0.3) is 0 Å². The Hall–Kier alpha value is -1.40. The van der Waals surface area contributed by atoms with Crippen LogP contribution in [-0.2, 0) is 4.79 Å². The van der Waals surface area contributed by atoms with E-state index < -0.39 is 0 Å². The van der Waals surface area contributed by atoms with Gasteiger partial charge in [-0.25, -0.2) is 0 Å². The predicted octanol–water partition coefficient (Wildman–Crippen LogP) is 3.23. The lowest BCUT2D eigenvalue weighted by atomic mass is 9.92. The zero-order valence-corrected chi connectivity index (χ0v) is 14.5. The average molecular weight is 369 g/mol. The number of ketones is 1. The van der Waals surface area contributed by atoms with Crippen molar-refractivity contribution >= 4 is 39.0 Å². The van der Waals surface area contributed by atoms with Crippen molar-refractivity contribution in [3.63, 3.8) is 0 Å². The summed E-state index contributed by atoms with van der Waals surface area (Å²) in [5.41, 5.74) is 2.33. The standard InChI is InChI=1S/C15H17BrN2O2S/c1-4-20-12-6-5-10(16)7-11(12)14-13(9(3)19)8(2)17-15(21)18-14/h5-7,14H,4H2,1-3H3,(H2,17,18,21). The van der Waals surface area contributed by atoms with Crippen LogP contribution in [0.5, 0.6) is 5.75 Å². The smallest absolute Gasteiger partial charge is 0.171 e. The van der Waals surface area contributed by atoms with Gasteiger partial charge < -0.3 is 15.4 Å². The van der Waals surface area contributed by atoms with Crippen LogP contribution in [-0.4, -0.2) is 17.5 Å². The number of hydrogen-bond acceptors (Lipinski definition) is 3. The van der Waals surface area contributed by atoms with Gasteiger partial charge in [-0.05, 0) is 51.2 Å². The Morgan fingerprint density at radius 2 is 2.19 bits per heavy atom. The van der Waals surface area contributed by atoms with E-state index in [9.17, 15) is 4.79 Å². The minimum atomic E-state index is -0.310. The third-order valence-corrected chi connectivity index (χ3v) is 3.94. The third-order valence-electron chi connectivity index (χ3n) is 3.23. The van der Waals surface area contributed by atoms with E-state index in [-0.39, 0.29) is 11.8 Å². The zero-order chi connectivity index (χ0) is 15.6. The normalized spacial score (nSPS) is 18.1. The molecular weight excluding hydrogens is 352 g/mol. The van der Waals surface area contributed by atoms with Crippen molar-refractivity contribution in [2.45, 2.75) is 26.8 Å². The Morgan fingerprint density at radius 1 is 1.48 bits per heavy atom. The van der Waals surface area contributed by atoms with Gasteiger partial charge in [0.05, 0.1) is 12.6 Å². The quantitative estimate of drug-likeness (QED) is 0.799. The van der Waals surface area contributed by atoms with E-state index in [0.717, 1.165) is 21.5 Å². The Balaban J connectivity index is 2.57. The Labute approximate surface area is 138 Å². The molecule has 4 nitrogen and oxygen atoms in total. The first-order valence-electron chi connectivity index (χ1n) is 6.65. The van der Waals surface area contributed by atoms with Crippen molar-refractivity contribution < 1.29 is 9.53 Å². The number of hydrogen-bond donors (Lipinski definition) is 2. The molecule has 0 aliphatic carbocycles. The second-order valence-electron chi connectivity index (χ2n) is 4.74. The molecule has 2 rings (SSSR count). The van der Waals surface area contributed by atoms with Crippen LogP contribution in [0.15, 0.2) is 33.9 Å².